The van der Waals surface area contributed by atoms with Crippen molar-refractivity contribution < 1.29 is 4.74 Å². The van der Waals surface area contributed by atoms with Crippen molar-refractivity contribution in [1.29, 1.82) is 0 Å². The fourth-order valence-corrected chi connectivity index (χ4v) is 19.8. The van der Waals surface area contributed by atoms with Gasteiger partial charge in [0.15, 0.2) is 0 Å². The number of anilines is 15. The predicted molar refractivity (Wildman–Crippen MR) is 419 cm³/mol. The summed E-state index contributed by atoms with van der Waals surface area (Å²) in [7, 11) is 0. The van der Waals surface area contributed by atoms with E-state index in [1.807, 2.05) is 0 Å². The molecule has 6 nitrogen and oxygen atoms in total. The van der Waals surface area contributed by atoms with E-state index in [0.29, 0.717) is 0 Å². The first kappa shape index (κ1) is 57.3. The van der Waals surface area contributed by atoms with E-state index in [0.717, 1.165) is 124 Å². The van der Waals surface area contributed by atoms with Gasteiger partial charge in [-0.3, -0.25) is 0 Å². The second kappa shape index (κ2) is 23.4. The molecule has 0 spiro atoms. The number of hydrogen-bond donors (Lipinski definition) is 0. The van der Waals surface area contributed by atoms with Gasteiger partial charge in [0.1, 0.15) is 0 Å². The molecule has 5 heterocycles. The molecule has 15 aromatic carbocycles. The van der Waals surface area contributed by atoms with Crippen LogP contribution in [0.3, 0.4) is 0 Å². The number of fused-ring (bicyclic) bond motifs is 11. The van der Waals surface area contributed by atoms with Crippen LogP contribution < -0.4 is 62.0 Å². The topological polar surface area (TPSA) is 25.4 Å². The van der Waals surface area contributed by atoms with E-state index < -0.39 is 20.4 Å². The van der Waals surface area contributed by atoms with Crippen molar-refractivity contribution in [3.05, 3.63) is 358 Å². The molecule has 0 unspecified atom stereocenters. The molecule has 20 rings (SSSR count). The number of nitrogens with zero attached hydrogens (tertiary/aromatic N) is 5. The van der Waals surface area contributed by atoms with Gasteiger partial charge in [-0.2, -0.15) is 0 Å². The van der Waals surface area contributed by atoms with Gasteiger partial charge in [-0.05, 0) is 36.4 Å². The summed E-state index contributed by atoms with van der Waals surface area (Å²) in [4.78, 5) is 12.6. The van der Waals surface area contributed by atoms with Gasteiger partial charge in [0.05, 0.1) is 0 Å². The summed E-state index contributed by atoms with van der Waals surface area (Å²) in [5.74, 6) is 1.67. The molecule has 16 aromatic rings. The molecule has 0 bridgehead atoms. The first-order valence-electron chi connectivity index (χ1n) is 34.0. The molecule has 0 saturated carbocycles. The van der Waals surface area contributed by atoms with E-state index in [1.165, 1.54) is 45.1 Å². The van der Waals surface area contributed by atoms with Crippen molar-refractivity contribution in [2.45, 2.75) is 0 Å². The maximum absolute atomic E-state index is 7.92. The molecule has 0 radical (unpaired) electrons. The quantitative estimate of drug-likeness (QED) is 0.120. The summed E-state index contributed by atoms with van der Waals surface area (Å²) in [6.45, 7) is -0.426. The summed E-state index contributed by atoms with van der Waals surface area (Å²) in [5, 5.41) is 2.66. The molecule has 0 atom stereocenters. The van der Waals surface area contributed by atoms with Gasteiger partial charge in [-0.15, -0.1) is 0 Å². The van der Waals surface area contributed by atoms with Crippen molar-refractivity contribution in [2.75, 3.05) is 24.5 Å². The molecular formula is C90H59B2N5OTe. The number of ether oxygens (including phenoxy) is 1. The standard InChI is InChI=1S/C90H59B2N5OTe/c1-7-30-60(31-8-1)68-42-19-24-48-76(68)94(64-38-15-5-16-39-64)66-54-82-88-83(55-66)97(80-52-29-45-71-70-44-21-28-53-87(70)99-90(71)80)81-59-85-75(58-74(81)91(88)73-47-23-27-51-79(73)96(82)77-49-25-20-43-69(77)61-32-9-2-10-33-61)92-72-46-22-26-50-78(72)95(65-40-17-6-18-41-65)84-56-67(57-86(98-85)89(84)92)93(62-34-11-3-12-35-62)63-36-13-4-14-37-63/h1-59H. The van der Waals surface area contributed by atoms with Gasteiger partial charge < -0.3 is 0 Å². The fourth-order valence-electron chi connectivity index (χ4n) is 16.3. The van der Waals surface area contributed by atoms with E-state index in [1.54, 1.807) is 0 Å². The minimum absolute atomic E-state index is 0.201. The Morgan fingerprint density at radius 2 is 0.737 bits per heavy atom. The number of para-hydroxylation sites is 8. The molecule has 0 amide bonds. The second-order valence-corrected chi connectivity index (χ2v) is 28.8. The number of rotatable bonds is 11. The average molecular weight is 1380 g/mol. The van der Waals surface area contributed by atoms with E-state index >= 15 is 0 Å². The average Bonchev–Trinajstić information content (AvgIpc) is 0.802. The monoisotopic (exact) mass is 1380 g/mol. The van der Waals surface area contributed by atoms with Gasteiger partial charge in [0.25, 0.3) is 0 Å². The normalized spacial score (nSPS) is 12.8. The van der Waals surface area contributed by atoms with Crippen molar-refractivity contribution in [3.63, 3.8) is 0 Å². The Hall–Kier alpha value is -12.0. The Morgan fingerprint density at radius 3 is 1.39 bits per heavy atom. The third-order valence-electron chi connectivity index (χ3n) is 20.4. The van der Waals surface area contributed by atoms with E-state index in [9.17, 15) is 0 Å². The van der Waals surface area contributed by atoms with Gasteiger partial charge >= 0.3 is 487 Å². The summed E-state index contributed by atoms with van der Waals surface area (Å²) in [5.41, 5.74) is 28.1. The fraction of sp³-hybridized carbons (Fsp3) is 0. The zero-order valence-corrected chi connectivity index (χ0v) is 56.1. The molecule has 0 N–H and O–H groups in total. The first-order valence-corrected chi connectivity index (χ1v) is 36.3. The Balaban J connectivity index is 0.904. The van der Waals surface area contributed by atoms with Crippen LogP contribution in [0, 0.1) is 0 Å². The van der Waals surface area contributed by atoms with Crippen LogP contribution in [0.25, 0.3) is 39.8 Å². The summed E-state index contributed by atoms with van der Waals surface area (Å²) in [6, 6.07) is 132. The van der Waals surface area contributed by atoms with Crippen LogP contribution in [0.15, 0.2) is 358 Å². The predicted octanol–water partition coefficient (Wildman–Crippen LogP) is 19.8. The Kier molecular flexibility index (Phi) is 13.5. The Morgan fingerprint density at radius 1 is 0.273 bits per heavy atom. The van der Waals surface area contributed by atoms with Crippen LogP contribution in [0.2, 0.25) is 0 Å². The Bertz CT molecular complexity index is 5800. The Labute approximate surface area is 586 Å². The summed E-state index contributed by atoms with van der Waals surface area (Å²) >= 11 is -0.897. The van der Waals surface area contributed by atoms with Gasteiger partial charge in [0, 0.05) is 0 Å². The van der Waals surface area contributed by atoms with Crippen molar-refractivity contribution in [3.8, 4) is 33.8 Å². The zero-order valence-electron chi connectivity index (χ0n) is 53.8. The molecule has 1 aromatic heterocycles. The zero-order chi connectivity index (χ0) is 65.1. The molecule has 462 valence electrons. The van der Waals surface area contributed by atoms with Crippen LogP contribution in [0.5, 0.6) is 11.5 Å². The van der Waals surface area contributed by atoms with Crippen LogP contribution in [0.4, 0.5) is 85.3 Å². The maximum atomic E-state index is 7.92. The van der Waals surface area contributed by atoms with E-state index in [2.05, 4.69) is 382 Å². The SMILES string of the molecule is c1ccc(-c2ccccc2N(c2ccccc2)c2cc3c4c(c2)N(c2cccc5c2[te]c2ccccc25)c2cc5c(cc2B4c2ccccc2N3c2ccccc2-c2ccccc2)B2c3ccccc3N(c3ccccc3)c3cc(N(c4ccccc4)c4ccccc4)cc(c32)O5)cc1. The van der Waals surface area contributed by atoms with Crippen LogP contribution in [-0.4, -0.2) is 33.9 Å². The molecule has 0 aliphatic carbocycles. The van der Waals surface area contributed by atoms with E-state index in [-0.39, 0.29) is 13.4 Å². The third kappa shape index (κ3) is 9.19. The summed E-state index contributed by atoms with van der Waals surface area (Å²) < 4.78 is 10.8. The van der Waals surface area contributed by atoms with Crippen LogP contribution in [-0.2, 0) is 0 Å². The molecule has 4 aliphatic rings. The van der Waals surface area contributed by atoms with Gasteiger partial charge in [-0.25, -0.2) is 0 Å². The van der Waals surface area contributed by atoms with Gasteiger partial charge in [0.2, 0.25) is 0 Å². The minimum atomic E-state index is -0.897. The second-order valence-electron chi connectivity index (χ2n) is 25.8. The van der Waals surface area contributed by atoms with Crippen molar-refractivity contribution in [1.82, 2.24) is 0 Å². The van der Waals surface area contributed by atoms with Crippen molar-refractivity contribution >= 4 is 170 Å². The molecule has 99 heavy (non-hydrogen) atoms. The summed E-state index contributed by atoms with van der Waals surface area (Å²) in [6.07, 6.45) is 0. The molecular weight excluding hydrogens is 1320 g/mol. The molecule has 0 saturated heterocycles. The van der Waals surface area contributed by atoms with Crippen molar-refractivity contribution in [2.24, 2.45) is 0 Å². The van der Waals surface area contributed by atoms with Crippen LogP contribution in [0.1, 0.15) is 0 Å². The third-order valence-corrected chi connectivity index (χ3v) is 23.9. The number of hydrogen-bond acceptors (Lipinski definition) is 6. The van der Waals surface area contributed by atoms with Crippen LogP contribution >= 0.6 is 0 Å². The molecule has 4 aliphatic heterocycles. The molecule has 0 fully saturated rings. The van der Waals surface area contributed by atoms with E-state index in [4.69, 9.17) is 4.74 Å². The first-order chi connectivity index (χ1) is 49.2. The van der Waals surface area contributed by atoms with Gasteiger partial charge in [-0.1, -0.05) is 66.7 Å². The molecule has 9 heteroatoms. The number of benzene rings is 15.